The molecule has 1 aliphatic rings. The van der Waals surface area contributed by atoms with E-state index in [2.05, 4.69) is 27.3 Å². The second-order valence-corrected chi connectivity index (χ2v) is 4.81. The Morgan fingerprint density at radius 3 is 3.00 bits per heavy atom. The van der Waals surface area contributed by atoms with Crippen molar-refractivity contribution in [3.8, 4) is 0 Å². The summed E-state index contributed by atoms with van der Waals surface area (Å²) in [4.78, 5) is 14.1. The van der Waals surface area contributed by atoms with Crippen LogP contribution in [0.5, 0.6) is 0 Å². The summed E-state index contributed by atoms with van der Waals surface area (Å²) in [6.45, 7) is 6.39. The number of rotatable bonds is 5. The van der Waals surface area contributed by atoms with Gasteiger partial charge in [-0.1, -0.05) is 6.92 Å². The van der Waals surface area contributed by atoms with Crippen LogP contribution < -0.4 is 5.32 Å². The maximum atomic E-state index is 11.7. The Labute approximate surface area is 102 Å². The number of aromatic amines is 1. The minimum Gasteiger partial charge on any atom is -0.352 e. The van der Waals surface area contributed by atoms with Gasteiger partial charge >= 0.3 is 0 Å². The van der Waals surface area contributed by atoms with Crippen molar-refractivity contribution in [2.24, 2.45) is 5.92 Å². The molecule has 1 fully saturated rings. The number of H-pyrrole nitrogens is 1. The van der Waals surface area contributed by atoms with Crippen LogP contribution in [-0.4, -0.2) is 47.2 Å². The molecule has 17 heavy (non-hydrogen) atoms. The van der Waals surface area contributed by atoms with Crippen molar-refractivity contribution >= 4 is 5.91 Å². The van der Waals surface area contributed by atoms with Gasteiger partial charge in [0.1, 0.15) is 0 Å². The van der Waals surface area contributed by atoms with Gasteiger partial charge in [-0.25, -0.2) is 0 Å². The Balaban J connectivity index is 1.68. The van der Waals surface area contributed by atoms with Gasteiger partial charge in [0.15, 0.2) is 0 Å². The summed E-state index contributed by atoms with van der Waals surface area (Å²) in [6.07, 6.45) is 5.78. The van der Waals surface area contributed by atoms with Crippen LogP contribution in [0.1, 0.15) is 30.1 Å². The molecule has 1 aromatic heterocycles. The van der Waals surface area contributed by atoms with E-state index in [0.717, 1.165) is 13.1 Å². The quantitative estimate of drug-likeness (QED) is 0.797. The highest BCUT2D eigenvalue weighted by molar-refractivity contribution is 5.93. The molecule has 0 bridgehead atoms. The lowest BCUT2D eigenvalue weighted by molar-refractivity contribution is 0.0945. The van der Waals surface area contributed by atoms with Gasteiger partial charge in [0, 0.05) is 19.3 Å². The third-order valence-electron chi connectivity index (χ3n) is 3.14. The first-order valence-corrected chi connectivity index (χ1v) is 6.25. The monoisotopic (exact) mass is 236 g/mol. The van der Waals surface area contributed by atoms with Gasteiger partial charge in [-0.15, -0.1) is 0 Å². The zero-order chi connectivity index (χ0) is 12.1. The van der Waals surface area contributed by atoms with Crippen molar-refractivity contribution in [3.63, 3.8) is 0 Å². The van der Waals surface area contributed by atoms with E-state index in [9.17, 15) is 4.79 Å². The number of likely N-dealkylation sites (tertiary alicyclic amines) is 1. The smallest absolute Gasteiger partial charge is 0.254 e. The lowest BCUT2D eigenvalue weighted by Crippen LogP contribution is -2.34. The summed E-state index contributed by atoms with van der Waals surface area (Å²) in [5, 5.41) is 9.33. The van der Waals surface area contributed by atoms with Gasteiger partial charge in [0.25, 0.3) is 5.91 Å². The van der Waals surface area contributed by atoms with E-state index in [1.54, 1.807) is 12.4 Å². The Hall–Kier alpha value is -1.36. The van der Waals surface area contributed by atoms with Crippen LogP contribution in [0.25, 0.3) is 0 Å². The second kappa shape index (κ2) is 5.82. The topological polar surface area (TPSA) is 61.0 Å². The summed E-state index contributed by atoms with van der Waals surface area (Å²) in [6, 6.07) is 0. The van der Waals surface area contributed by atoms with Gasteiger partial charge in [-0.3, -0.25) is 9.89 Å². The molecule has 2 rings (SSSR count). The Kier molecular flexibility index (Phi) is 4.14. The SMILES string of the molecule is CC(CNC(=O)c1cn[nH]c1)CN1CCCC1. The molecule has 1 aliphatic heterocycles. The second-order valence-electron chi connectivity index (χ2n) is 4.81. The zero-order valence-electron chi connectivity index (χ0n) is 10.3. The summed E-state index contributed by atoms with van der Waals surface area (Å²) in [5.41, 5.74) is 0.596. The van der Waals surface area contributed by atoms with E-state index < -0.39 is 0 Å². The van der Waals surface area contributed by atoms with E-state index in [1.165, 1.54) is 25.9 Å². The molecule has 5 heteroatoms. The number of nitrogens with one attached hydrogen (secondary N) is 2. The van der Waals surface area contributed by atoms with Gasteiger partial charge in [-0.2, -0.15) is 5.10 Å². The molecular weight excluding hydrogens is 216 g/mol. The number of carbonyl (C=O) groups is 1. The van der Waals surface area contributed by atoms with Gasteiger partial charge in [0.05, 0.1) is 11.8 Å². The summed E-state index contributed by atoms with van der Waals surface area (Å²) in [7, 11) is 0. The first-order chi connectivity index (χ1) is 8.25. The molecule has 2 heterocycles. The van der Waals surface area contributed by atoms with Crippen LogP contribution in [0, 0.1) is 5.92 Å². The minimum atomic E-state index is -0.0491. The molecular formula is C12H20N4O. The van der Waals surface area contributed by atoms with E-state index in [4.69, 9.17) is 0 Å². The molecule has 0 radical (unpaired) electrons. The van der Waals surface area contributed by atoms with Gasteiger partial charge < -0.3 is 10.2 Å². The molecule has 1 atom stereocenters. The Bertz CT molecular complexity index is 343. The highest BCUT2D eigenvalue weighted by Crippen LogP contribution is 2.09. The number of amides is 1. The van der Waals surface area contributed by atoms with Crippen LogP contribution in [0.2, 0.25) is 0 Å². The molecule has 5 nitrogen and oxygen atoms in total. The van der Waals surface area contributed by atoms with Crippen LogP contribution in [0.15, 0.2) is 12.4 Å². The largest absolute Gasteiger partial charge is 0.352 e. The summed E-state index contributed by atoms with van der Waals surface area (Å²) in [5.74, 6) is 0.441. The van der Waals surface area contributed by atoms with Gasteiger partial charge in [-0.05, 0) is 31.8 Å². The number of carbonyl (C=O) groups excluding carboxylic acids is 1. The molecule has 0 spiro atoms. The maximum Gasteiger partial charge on any atom is 0.254 e. The molecule has 1 amide bonds. The van der Waals surface area contributed by atoms with E-state index in [0.29, 0.717) is 11.5 Å². The first-order valence-electron chi connectivity index (χ1n) is 6.25. The third-order valence-corrected chi connectivity index (χ3v) is 3.14. The predicted molar refractivity (Wildman–Crippen MR) is 65.8 cm³/mol. The maximum absolute atomic E-state index is 11.7. The number of hydrogen-bond acceptors (Lipinski definition) is 3. The zero-order valence-corrected chi connectivity index (χ0v) is 10.3. The highest BCUT2D eigenvalue weighted by atomic mass is 16.1. The first kappa shape index (κ1) is 12.1. The van der Waals surface area contributed by atoms with Crippen LogP contribution >= 0.6 is 0 Å². The van der Waals surface area contributed by atoms with Crippen molar-refractivity contribution < 1.29 is 4.79 Å². The number of aromatic nitrogens is 2. The van der Waals surface area contributed by atoms with E-state index in [-0.39, 0.29) is 5.91 Å². The van der Waals surface area contributed by atoms with Crippen molar-refractivity contribution in [2.45, 2.75) is 19.8 Å². The Morgan fingerprint density at radius 2 is 2.35 bits per heavy atom. The van der Waals surface area contributed by atoms with E-state index in [1.807, 2.05) is 0 Å². The van der Waals surface area contributed by atoms with Crippen LogP contribution in [0.4, 0.5) is 0 Å². The minimum absolute atomic E-state index is 0.0491. The highest BCUT2D eigenvalue weighted by Gasteiger charge is 2.15. The average molecular weight is 236 g/mol. The van der Waals surface area contributed by atoms with E-state index >= 15 is 0 Å². The number of nitrogens with zero attached hydrogens (tertiary/aromatic N) is 2. The van der Waals surface area contributed by atoms with Gasteiger partial charge in [0.2, 0.25) is 0 Å². The summed E-state index contributed by atoms with van der Waals surface area (Å²) < 4.78 is 0. The molecule has 1 saturated heterocycles. The molecule has 1 unspecified atom stereocenters. The van der Waals surface area contributed by atoms with Crippen molar-refractivity contribution in [2.75, 3.05) is 26.2 Å². The lowest BCUT2D eigenvalue weighted by atomic mass is 10.1. The standard InChI is InChI=1S/C12H20N4O/c1-10(9-16-4-2-3-5-16)6-13-12(17)11-7-14-15-8-11/h7-8,10H,2-6,9H2,1H3,(H,13,17)(H,14,15). The normalized spacial score (nSPS) is 18.2. The molecule has 2 N–H and O–H groups in total. The fourth-order valence-electron chi connectivity index (χ4n) is 2.21. The molecule has 1 aromatic rings. The van der Waals surface area contributed by atoms with Crippen LogP contribution in [-0.2, 0) is 0 Å². The fourth-order valence-corrected chi connectivity index (χ4v) is 2.21. The Morgan fingerprint density at radius 1 is 1.59 bits per heavy atom. The van der Waals surface area contributed by atoms with Crippen molar-refractivity contribution in [1.82, 2.24) is 20.4 Å². The third kappa shape index (κ3) is 3.56. The lowest BCUT2D eigenvalue weighted by Gasteiger charge is -2.20. The predicted octanol–water partition coefficient (Wildman–Crippen LogP) is 0.871. The summed E-state index contributed by atoms with van der Waals surface area (Å²) >= 11 is 0. The molecule has 0 aromatic carbocycles. The van der Waals surface area contributed by atoms with Crippen molar-refractivity contribution in [3.05, 3.63) is 18.0 Å². The van der Waals surface area contributed by atoms with Crippen LogP contribution in [0.3, 0.4) is 0 Å². The molecule has 0 saturated carbocycles. The molecule has 0 aliphatic carbocycles. The molecule has 94 valence electrons. The number of hydrogen-bond donors (Lipinski definition) is 2. The average Bonchev–Trinajstić information content (AvgIpc) is 2.97. The van der Waals surface area contributed by atoms with Crippen molar-refractivity contribution in [1.29, 1.82) is 0 Å². The fraction of sp³-hybridized carbons (Fsp3) is 0.667.